The van der Waals surface area contributed by atoms with Crippen molar-refractivity contribution in [3.63, 3.8) is 0 Å². The van der Waals surface area contributed by atoms with Crippen LogP contribution in [0.1, 0.15) is 5.69 Å². The van der Waals surface area contributed by atoms with Crippen LogP contribution in [0.3, 0.4) is 0 Å². The van der Waals surface area contributed by atoms with Crippen molar-refractivity contribution in [2.45, 2.75) is 11.9 Å². The predicted octanol–water partition coefficient (Wildman–Crippen LogP) is 2.52. The van der Waals surface area contributed by atoms with Crippen molar-refractivity contribution >= 4 is 23.4 Å². The van der Waals surface area contributed by atoms with Crippen molar-refractivity contribution in [3.8, 4) is 5.75 Å². The number of aryl methyl sites for hydroxylation is 1. The topological polar surface area (TPSA) is 64.1 Å². The number of aromatic nitrogens is 2. The molecule has 1 aromatic heterocycles. The lowest BCUT2D eigenvalue weighted by atomic mass is 10.3. The summed E-state index contributed by atoms with van der Waals surface area (Å²) in [5, 5.41) is 3.61. The highest BCUT2D eigenvalue weighted by atomic mass is 32.2. The van der Waals surface area contributed by atoms with E-state index in [2.05, 4.69) is 15.3 Å². The fourth-order valence-corrected chi connectivity index (χ4v) is 2.25. The Balaban J connectivity index is 1.85. The zero-order chi connectivity index (χ0) is 14.4. The van der Waals surface area contributed by atoms with Crippen LogP contribution in [0.5, 0.6) is 5.75 Å². The molecule has 0 saturated carbocycles. The Kier molecular flexibility index (Phi) is 4.95. The monoisotopic (exact) mass is 289 g/mol. The van der Waals surface area contributed by atoms with Gasteiger partial charge in [0.2, 0.25) is 5.91 Å². The first-order chi connectivity index (χ1) is 9.67. The van der Waals surface area contributed by atoms with Gasteiger partial charge in [0.15, 0.2) is 0 Å². The summed E-state index contributed by atoms with van der Waals surface area (Å²) in [6.45, 7) is 1.89. The minimum Gasteiger partial charge on any atom is -0.497 e. The molecule has 20 heavy (non-hydrogen) atoms. The Hall–Kier alpha value is -2.08. The van der Waals surface area contributed by atoms with E-state index in [1.165, 1.54) is 18.1 Å². The van der Waals surface area contributed by atoms with E-state index in [0.29, 0.717) is 5.75 Å². The third-order valence-corrected chi connectivity index (χ3v) is 3.43. The molecule has 2 rings (SSSR count). The van der Waals surface area contributed by atoms with Gasteiger partial charge in [0.1, 0.15) is 17.1 Å². The van der Waals surface area contributed by atoms with Crippen molar-refractivity contribution in [3.05, 3.63) is 42.4 Å². The van der Waals surface area contributed by atoms with Crippen LogP contribution in [0, 0.1) is 6.92 Å². The molecule has 1 aromatic carbocycles. The van der Waals surface area contributed by atoms with Gasteiger partial charge in [-0.25, -0.2) is 9.97 Å². The third kappa shape index (κ3) is 4.24. The Bertz CT molecular complexity index is 587. The number of carbonyl (C=O) groups excluding carboxylic acids is 1. The standard InChI is InChI=1S/C14H15N3O2S/c1-10-7-14(16-9-15-10)20-8-13(18)17-11-3-5-12(19-2)6-4-11/h3-7,9H,8H2,1-2H3,(H,17,18). The number of nitrogens with zero attached hydrogens (tertiary/aromatic N) is 2. The van der Waals surface area contributed by atoms with E-state index in [4.69, 9.17) is 4.74 Å². The number of hydrogen-bond acceptors (Lipinski definition) is 5. The van der Waals surface area contributed by atoms with Gasteiger partial charge in [-0.15, -0.1) is 0 Å². The number of methoxy groups -OCH3 is 1. The zero-order valence-electron chi connectivity index (χ0n) is 11.3. The molecule has 0 aliphatic rings. The van der Waals surface area contributed by atoms with Crippen LogP contribution >= 0.6 is 11.8 Å². The number of thioether (sulfide) groups is 1. The first-order valence-electron chi connectivity index (χ1n) is 6.03. The maximum Gasteiger partial charge on any atom is 0.234 e. The minimum atomic E-state index is -0.0727. The van der Waals surface area contributed by atoms with E-state index in [1.807, 2.05) is 13.0 Å². The van der Waals surface area contributed by atoms with Gasteiger partial charge in [0, 0.05) is 11.4 Å². The van der Waals surface area contributed by atoms with Gasteiger partial charge in [0.05, 0.1) is 12.9 Å². The Morgan fingerprint density at radius 2 is 2.05 bits per heavy atom. The second-order valence-corrected chi connectivity index (χ2v) is 5.06. The molecule has 6 heteroatoms. The van der Waals surface area contributed by atoms with Crippen LogP contribution in [0.2, 0.25) is 0 Å². The average Bonchev–Trinajstić information content (AvgIpc) is 2.46. The number of nitrogens with one attached hydrogen (secondary N) is 1. The summed E-state index contributed by atoms with van der Waals surface area (Å²) in [5.41, 5.74) is 1.63. The third-order valence-electron chi connectivity index (χ3n) is 2.50. The Labute approximate surface area is 121 Å². The summed E-state index contributed by atoms with van der Waals surface area (Å²) in [6.07, 6.45) is 1.50. The summed E-state index contributed by atoms with van der Waals surface area (Å²) in [6, 6.07) is 9.06. The van der Waals surface area contributed by atoms with Gasteiger partial charge in [-0.2, -0.15) is 0 Å². The van der Waals surface area contributed by atoms with E-state index in [9.17, 15) is 4.79 Å². The fraction of sp³-hybridized carbons (Fsp3) is 0.214. The highest BCUT2D eigenvalue weighted by molar-refractivity contribution is 7.99. The predicted molar refractivity (Wildman–Crippen MR) is 79.1 cm³/mol. The number of ether oxygens (including phenoxy) is 1. The Morgan fingerprint density at radius 3 is 2.70 bits per heavy atom. The van der Waals surface area contributed by atoms with Gasteiger partial charge in [-0.3, -0.25) is 4.79 Å². The second kappa shape index (κ2) is 6.91. The molecule has 0 atom stereocenters. The quantitative estimate of drug-likeness (QED) is 0.677. The van der Waals surface area contributed by atoms with Crippen LogP contribution < -0.4 is 10.1 Å². The van der Waals surface area contributed by atoms with E-state index >= 15 is 0 Å². The van der Waals surface area contributed by atoms with Gasteiger partial charge >= 0.3 is 0 Å². The van der Waals surface area contributed by atoms with Crippen molar-refractivity contribution in [2.75, 3.05) is 18.2 Å². The molecular weight excluding hydrogens is 274 g/mol. The normalized spacial score (nSPS) is 10.1. The molecule has 0 saturated heterocycles. The first-order valence-corrected chi connectivity index (χ1v) is 7.01. The van der Waals surface area contributed by atoms with Crippen LogP contribution in [0.15, 0.2) is 41.7 Å². The smallest absolute Gasteiger partial charge is 0.234 e. The number of hydrogen-bond donors (Lipinski definition) is 1. The van der Waals surface area contributed by atoms with Crippen LogP contribution in [-0.2, 0) is 4.79 Å². The van der Waals surface area contributed by atoms with E-state index in [0.717, 1.165) is 22.2 Å². The second-order valence-electron chi connectivity index (χ2n) is 4.06. The summed E-state index contributed by atoms with van der Waals surface area (Å²) >= 11 is 1.38. The van der Waals surface area contributed by atoms with Crippen LogP contribution in [0.4, 0.5) is 5.69 Å². The van der Waals surface area contributed by atoms with Gasteiger partial charge < -0.3 is 10.1 Å². The molecule has 1 N–H and O–H groups in total. The van der Waals surface area contributed by atoms with Gasteiger partial charge in [-0.1, -0.05) is 11.8 Å². The molecule has 1 amide bonds. The lowest BCUT2D eigenvalue weighted by molar-refractivity contribution is -0.113. The van der Waals surface area contributed by atoms with E-state index in [-0.39, 0.29) is 5.91 Å². The summed E-state index contributed by atoms with van der Waals surface area (Å²) in [4.78, 5) is 19.9. The number of benzene rings is 1. The molecule has 0 aliphatic carbocycles. The number of rotatable bonds is 5. The van der Waals surface area contributed by atoms with Crippen LogP contribution in [0.25, 0.3) is 0 Å². The van der Waals surface area contributed by atoms with E-state index < -0.39 is 0 Å². The molecule has 2 aromatic rings. The van der Waals surface area contributed by atoms with Crippen molar-refractivity contribution in [1.29, 1.82) is 0 Å². The summed E-state index contributed by atoms with van der Waals surface area (Å²) < 4.78 is 5.06. The lowest BCUT2D eigenvalue weighted by Crippen LogP contribution is -2.14. The molecule has 0 radical (unpaired) electrons. The molecule has 0 spiro atoms. The van der Waals surface area contributed by atoms with Crippen molar-refractivity contribution in [2.24, 2.45) is 0 Å². The molecule has 5 nitrogen and oxygen atoms in total. The molecule has 0 unspecified atom stereocenters. The average molecular weight is 289 g/mol. The SMILES string of the molecule is COc1ccc(NC(=O)CSc2cc(C)ncn2)cc1. The van der Waals surface area contributed by atoms with Gasteiger partial charge in [-0.05, 0) is 37.3 Å². The number of carbonyl (C=O) groups is 1. The number of amides is 1. The highest BCUT2D eigenvalue weighted by Crippen LogP contribution is 2.17. The van der Waals surface area contributed by atoms with Crippen LogP contribution in [-0.4, -0.2) is 28.7 Å². The summed E-state index contributed by atoms with van der Waals surface area (Å²) in [7, 11) is 1.61. The maximum absolute atomic E-state index is 11.8. The molecule has 0 fully saturated rings. The van der Waals surface area contributed by atoms with Crippen molar-refractivity contribution < 1.29 is 9.53 Å². The molecule has 0 bridgehead atoms. The maximum atomic E-state index is 11.8. The van der Waals surface area contributed by atoms with Gasteiger partial charge in [0.25, 0.3) is 0 Å². The highest BCUT2D eigenvalue weighted by Gasteiger charge is 2.05. The summed E-state index contributed by atoms with van der Waals surface area (Å²) in [5.74, 6) is 0.993. The largest absolute Gasteiger partial charge is 0.497 e. The molecule has 104 valence electrons. The lowest BCUT2D eigenvalue weighted by Gasteiger charge is -2.06. The van der Waals surface area contributed by atoms with Crippen molar-refractivity contribution in [1.82, 2.24) is 9.97 Å². The number of anilines is 1. The molecular formula is C14H15N3O2S. The zero-order valence-corrected chi connectivity index (χ0v) is 12.1. The fourth-order valence-electron chi connectivity index (χ4n) is 1.52. The molecule has 0 aliphatic heterocycles. The Morgan fingerprint density at radius 1 is 1.30 bits per heavy atom. The minimum absolute atomic E-state index is 0.0727. The molecule has 1 heterocycles. The first kappa shape index (κ1) is 14.3. The van der Waals surface area contributed by atoms with E-state index in [1.54, 1.807) is 31.4 Å².